The van der Waals surface area contributed by atoms with Gasteiger partial charge in [-0.1, -0.05) is 152 Å². The quantitative estimate of drug-likeness (QED) is 0.203. The van der Waals surface area contributed by atoms with E-state index in [0.717, 1.165) is 34.7 Å². The molecule has 47 heavy (non-hydrogen) atoms. The Morgan fingerprint density at radius 3 is 1.68 bits per heavy atom. The van der Waals surface area contributed by atoms with E-state index in [-0.39, 0.29) is 0 Å². The van der Waals surface area contributed by atoms with E-state index >= 15 is 0 Å². The smallest absolute Gasteiger partial charge is 0.0540 e. The van der Waals surface area contributed by atoms with Gasteiger partial charge in [-0.2, -0.15) is 0 Å². The lowest BCUT2D eigenvalue weighted by Crippen LogP contribution is -2.10. The summed E-state index contributed by atoms with van der Waals surface area (Å²) in [6.45, 7) is 3.85. The van der Waals surface area contributed by atoms with Crippen molar-refractivity contribution >= 4 is 39.2 Å². The number of anilines is 5. The molecule has 0 saturated heterocycles. The molecule has 0 atom stereocenters. The normalized spacial score (nSPS) is 15.0. The van der Waals surface area contributed by atoms with Crippen molar-refractivity contribution in [1.29, 1.82) is 0 Å². The molecule has 0 aliphatic heterocycles. The highest BCUT2D eigenvalue weighted by Crippen LogP contribution is 2.39. The minimum Gasteiger partial charge on any atom is -0.356 e. The fourth-order valence-corrected chi connectivity index (χ4v) is 5.45. The first-order chi connectivity index (χ1) is 23.2. The number of rotatable bonds is 6. The summed E-state index contributed by atoms with van der Waals surface area (Å²) >= 11 is 0. The Labute approximate surface area is 278 Å². The number of hydrogen-bond donors (Lipinski definition) is 1. The molecule has 0 unspecified atom stereocenters. The number of nitrogens with zero attached hydrogens (tertiary/aromatic N) is 1. The van der Waals surface area contributed by atoms with E-state index in [9.17, 15) is 0 Å². The lowest BCUT2D eigenvalue weighted by Gasteiger charge is -2.27. The van der Waals surface area contributed by atoms with Gasteiger partial charge in [0.25, 0.3) is 0 Å². The highest BCUT2D eigenvalue weighted by molar-refractivity contribution is 5.99. The molecular formula is C45H38N2. The standard InChI is InChI=1S/C34H26N2.C11H12/c1-3-12-29(13-4-1)35-30-22-18-26(19-23-30)27-20-24-32(25-21-27)36(31-14-5-2-6-15-31)34-17-9-11-28-10-7-8-16-33(28)34;1-11-9-7-5-3-2-4-6-8-10-11/h1-25,35H;3-10H,1-2H2/b;5-3-,6-4-,9-7-,10-8-. The van der Waals surface area contributed by atoms with Crippen LogP contribution in [0.2, 0.25) is 0 Å². The molecule has 0 fully saturated rings. The van der Waals surface area contributed by atoms with Gasteiger partial charge in [0.2, 0.25) is 0 Å². The average Bonchev–Trinajstić information content (AvgIpc) is 3.13. The topological polar surface area (TPSA) is 15.3 Å². The summed E-state index contributed by atoms with van der Waals surface area (Å²) < 4.78 is 0. The molecule has 0 aromatic heterocycles. The first kappa shape index (κ1) is 30.9. The molecular weight excluding hydrogens is 569 g/mol. The Kier molecular flexibility index (Phi) is 10.3. The molecule has 1 aliphatic rings. The van der Waals surface area contributed by atoms with Gasteiger partial charge in [-0.25, -0.2) is 0 Å². The molecule has 1 aliphatic carbocycles. The van der Waals surface area contributed by atoms with Crippen LogP contribution in [0.4, 0.5) is 28.4 Å². The van der Waals surface area contributed by atoms with Crippen LogP contribution in [-0.2, 0) is 0 Å². The molecule has 7 rings (SSSR count). The Morgan fingerprint density at radius 1 is 0.468 bits per heavy atom. The average molecular weight is 607 g/mol. The highest BCUT2D eigenvalue weighted by Gasteiger charge is 2.15. The van der Waals surface area contributed by atoms with E-state index in [1.54, 1.807) is 0 Å². The maximum absolute atomic E-state index is 3.85. The van der Waals surface area contributed by atoms with Crippen LogP contribution in [0.3, 0.4) is 0 Å². The van der Waals surface area contributed by atoms with Crippen molar-refractivity contribution in [2.75, 3.05) is 10.2 Å². The summed E-state index contributed by atoms with van der Waals surface area (Å²) in [6.07, 6.45) is 17.3. The first-order valence-electron chi connectivity index (χ1n) is 16.0. The van der Waals surface area contributed by atoms with Crippen molar-refractivity contribution in [2.45, 2.75) is 6.42 Å². The van der Waals surface area contributed by atoms with Gasteiger partial charge in [-0.05, 0) is 83.1 Å². The van der Waals surface area contributed by atoms with Crippen molar-refractivity contribution in [1.82, 2.24) is 0 Å². The van der Waals surface area contributed by atoms with Crippen molar-refractivity contribution in [3.63, 3.8) is 0 Å². The third-order valence-corrected chi connectivity index (χ3v) is 7.82. The zero-order chi connectivity index (χ0) is 32.1. The van der Waals surface area contributed by atoms with Gasteiger partial charge >= 0.3 is 0 Å². The molecule has 228 valence electrons. The molecule has 6 aromatic carbocycles. The third kappa shape index (κ3) is 8.33. The van der Waals surface area contributed by atoms with Gasteiger partial charge in [0.05, 0.1) is 5.69 Å². The molecule has 0 spiro atoms. The summed E-state index contributed by atoms with van der Waals surface area (Å²) in [6, 6.07) is 53.3. The van der Waals surface area contributed by atoms with Gasteiger partial charge in [-0.3, -0.25) is 0 Å². The van der Waals surface area contributed by atoms with Crippen LogP contribution >= 0.6 is 0 Å². The van der Waals surface area contributed by atoms with Gasteiger partial charge in [0, 0.05) is 28.1 Å². The second kappa shape index (κ2) is 15.7. The second-order valence-corrected chi connectivity index (χ2v) is 11.2. The maximum atomic E-state index is 3.85. The van der Waals surface area contributed by atoms with Gasteiger partial charge < -0.3 is 10.2 Å². The fraction of sp³-hybridized carbons (Fsp3) is 0.0222. The van der Waals surface area contributed by atoms with Gasteiger partial charge in [-0.15, -0.1) is 0 Å². The second-order valence-electron chi connectivity index (χ2n) is 11.2. The van der Waals surface area contributed by atoms with Crippen LogP contribution in [0, 0.1) is 0 Å². The first-order valence-corrected chi connectivity index (χ1v) is 16.0. The van der Waals surface area contributed by atoms with Gasteiger partial charge in [0.1, 0.15) is 0 Å². The monoisotopic (exact) mass is 606 g/mol. The van der Waals surface area contributed by atoms with E-state index in [2.05, 4.69) is 162 Å². The predicted molar refractivity (Wildman–Crippen MR) is 204 cm³/mol. The lowest BCUT2D eigenvalue weighted by atomic mass is 10.0. The van der Waals surface area contributed by atoms with Crippen LogP contribution in [0.25, 0.3) is 21.9 Å². The molecule has 1 N–H and O–H groups in total. The van der Waals surface area contributed by atoms with E-state index in [1.807, 2.05) is 54.7 Å². The number of fused-ring (bicyclic) bond motifs is 1. The van der Waals surface area contributed by atoms with Crippen LogP contribution in [0.1, 0.15) is 6.42 Å². The Balaban J connectivity index is 0.000000300. The number of benzene rings is 6. The number of hydrogen-bond acceptors (Lipinski definition) is 2. The van der Waals surface area contributed by atoms with E-state index in [4.69, 9.17) is 0 Å². The zero-order valence-electron chi connectivity index (χ0n) is 26.4. The van der Waals surface area contributed by atoms with Crippen LogP contribution in [0.15, 0.2) is 212 Å². The molecule has 0 heterocycles. The zero-order valence-corrected chi connectivity index (χ0v) is 26.4. The van der Waals surface area contributed by atoms with Crippen LogP contribution in [-0.4, -0.2) is 0 Å². The molecule has 0 radical (unpaired) electrons. The number of para-hydroxylation sites is 2. The third-order valence-electron chi connectivity index (χ3n) is 7.82. The van der Waals surface area contributed by atoms with E-state index in [1.165, 1.54) is 27.6 Å². The van der Waals surface area contributed by atoms with Crippen molar-refractivity contribution < 1.29 is 0 Å². The van der Waals surface area contributed by atoms with Crippen molar-refractivity contribution in [2.24, 2.45) is 0 Å². The summed E-state index contributed by atoms with van der Waals surface area (Å²) in [5.74, 6) is 0. The SMILES string of the molecule is C=C1/C=C\C=C/C/C=C\C=C/1.c1ccc(Nc2ccc(-c3ccc(N(c4ccccc4)c4cccc5ccccc45)cc3)cc2)cc1. The summed E-state index contributed by atoms with van der Waals surface area (Å²) in [5.41, 5.74) is 9.01. The summed E-state index contributed by atoms with van der Waals surface area (Å²) in [7, 11) is 0. The molecule has 2 nitrogen and oxygen atoms in total. The number of nitrogens with one attached hydrogen (secondary N) is 1. The Bertz CT molecular complexity index is 1990. The van der Waals surface area contributed by atoms with Crippen molar-refractivity contribution in [3.8, 4) is 11.1 Å². The Hall–Kier alpha value is -6.12. The molecule has 2 heteroatoms. The van der Waals surface area contributed by atoms with E-state index in [0.29, 0.717) is 0 Å². The largest absolute Gasteiger partial charge is 0.356 e. The maximum Gasteiger partial charge on any atom is 0.0540 e. The Morgan fingerprint density at radius 2 is 1.00 bits per heavy atom. The minimum absolute atomic E-state index is 1.00. The van der Waals surface area contributed by atoms with Gasteiger partial charge in [0.15, 0.2) is 0 Å². The summed E-state index contributed by atoms with van der Waals surface area (Å²) in [5, 5.41) is 5.91. The highest BCUT2D eigenvalue weighted by atomic mass is 15.1. The minimum atomic E-state index is 1.00. The van der Waals surface area contributed by atoms with Crippen molar-refractivity contribution in [3.05, 3.63) is 212 Å². The van der Waals surface area contributed by atoms with Crippen LogP contribution in [0.5, 0.6) is 0 Å². The molecule has 0 amide bonds. The number of allylic oxidation sites excluding steroid dienone is 9. The fourth-order valence-electron chi connectivity index (χ4n) is 5.45. The molecule has 6 aromatic rings. The lowest BCUT2D eigenvalue weighted by molar-refractivity contribution is 1.30. The van der Waals surface area contributed by atoms with Crippen LogP contribution < -0.4 is 10.2 Å². The summed E-state index contributed by atoms with van der Waals surface area (Å²) in [4.78, 5) is 2.33. The predicted octanol–water partition coefficient (Wildman–Crippen LogP) is 12.9. The van der Waals surface area contributed by atoms with E-state index < -0.39 is 0 Å². The molecule has 0 saturated carbocycles. The molecule has 0 bridgehead atoms.